The SMILES string of the molecule is CNCCc1nnc(-c2ccc(C)nc2)o1. The summed E-state index contributed by atoms with van der Waals surface area (Å²) >= 11 is 0. The summed E-state index contributed by atoms with van der Waals surface area (Å²) in [5, 5.41) is 11.0. The van der Waals surface area contributed by atoms with Crippen molar-refractivity contribution in [3.63, 3.8) is 0 Å². The van der Waals surface area contributed by atoms with E-state index in [9.17, 15) is 0 Å². The average molecular weight is 218 g/mol. The second-order valence-electron chi connectivity index (χ2n) is 3.54. The van der Waals surface area contributed by atoms with E-state index in [4.69, 9.17) is 4.42 Å². The van der Waals surface area contributed by atoms with Gasteiger partial charge in [-0.1, -0.05) is 0 Å². The van der Waals surface area contributed by atoms with Crippen molar-refractivity contribution in [1.29, 1.82) is 0 Å². The van der Waals surface area contributed by atoms with Crippen LogP contribution in [0.5, 0.6) is 0 Å². The lowest BCUT2D eigenvalue weighted by molar-refractivity contribution is 0.500. The molecule has 0 aliphatic heterocycles. The fraction of sp³-hybridized carbons (Fsp3) is 0.364. The predicted octanol–water partition coefficient (Wildman–Crippen LogP) is 1.20. The van der Waals surface area contributed by atoms with Gasteiger partial charge in [0.05, 0.1) is 5.56 Å². The van der Waals surface area contributed by atoms with Crippen molar-refractivity contribution in [3.8, 4) is 11.5 Å². The third-order valence-electron chi connectivity index (χ3n) is 2.21. The quantitative estimate of drug-likeness (QED) is 0.835. The fourth-order valence-corrected chi connectivity index (χ4v) is 1.30. The van der Waals surface area contributed by atoms with Gasteiger partial charge in [-0.3, -0.25) is 4.98 Å². The molecule has 0 aliphatic carbocycles. The molecule has 0 amide bonds. The average Bonchev–Trinajstić information content (AvgIpc) is 2.76. The molecule has 0 bridgehead atoms. The molecular formula is C11H14N4O. The van der Waals surface area contributed by atoms with E-state index in [-0.39, 0.29) is 0 Å². The minimum atomic E-state index is 0.526. The maximum absolute atomic E-state index is 5.51. The Morgan fingerprint density at radius 3 is 2.88 bits per heavy atom. The van der Waals surface area contributed by atoms with E-state index in [0.717, 1.165) is 24.2 Å². The van der Waals surface area contributed by atoms with Crippen LogP contribution in [0.1, 0.15) is 11.6 Å². The van der Waals surface area contributed by atoms with E-state index >= 15 is 0 Å². The van der Waals surface area contributed by atoms with Crippen molar-refractivity contribution >= 4 is 0 Å². The molecule has 0 saturated carbocycles. The minimum absolute atomic E-state index is 0.526. The molecular weight excluding hydrogens is 204 g/mol. The van der Waals surface area contributed by atoms with Crippen molar-refractivity contribution in [2.24, 2.45) is 0 Å². The zero-order chi connectivity index (χ0) is 11.4. The number of hydrogen-bond acceptors (Lipinski definition) is 5. The molecule has 0 aliphatic rings. The van der Waals surface area contributed by atoms with Crippen molar-refractivity contribution in [3.05, 3.63) is 29.9 Å². The molecule has 0 aromatic carbocycles. The highest BCUT2D eigenvalue weighted by molar-refractivity contribution is 5.50. The zero-order valence-corrected chi connectivity index (χ0v) is 9.40. The number of nitrogens with one attached hydrogen (secondary N) is 1. The Morgan fingerprint density at radius 2 is 2.19 bits per heavy atom. The highest BCUT2D eigenvalue weighted by atomic mass is 16.4. The number of pyridine rings is 1. The summed E-state index contributed by atoms with van der Waals surface area (Å²) in [6.45, 7) is 2.77. The van der Waals surface area contributed by atoms with Crippen LogP contribution in [0.2, 0.25) is 0 Å². The van der Waals surface area contributed by atoms with Crippen molar-refractivity contribution in [2.75, 3.05) is 13.6 Å². The Morgan fingerprint density at radius 1 is 1.31 bits per heavy atom. The molecule has 2 heterocycles. The van der Waals surface area contributed by atoms with Crippen LogP contribution < -0.4 is 5.32 Å². The summed E-state index contributed by atoms with van der Waals surface area (Å²) in [6, 6.07) is 3.85. The lowest BCUT2D eigenvalue weighted by atomic mass is 10.2. The first kappa shape index (κ1) is 10.8. The van der Waals surface area contributed by atoms with Gasteiger partial charge < -0.3 is 9.73 Å². The topological polar surface area (TPSA) is 63.8 Å². The molecule has 5 nitrogen and oxygen atoms in total. The number of likely N-dealkylation sites (N-methyl/N-ethyl adjacent to an activating group) is 1. The van der Waals surface area contributed by atoms with E-state index in [2.05, 4.69) is 20.5 Å². The largest absolute Gasteiger partial charge is 0.421 e. The van der Waals surface area contributed by atoms with Crippen molar-refractivity contribution in [1.82, 2.24) is 20.5 Å². The second kappa shape index (κ2) is 4.85. The molecule has 0 radical (unpaired) electrons. The van der Waals surface area contributed by atoms with Crippen LogP contribution in [0.3, 0.4) is 0 Å². The van der Waals surface area contributed by atoms with Gasteiger partial charge in [0.1, 0.15) is 0 Å². The predicted molar refractivity (Wildman–Crippen MR) is 59.9 cm³/mol. The molecule has 84 valence electrons. The maximum Gasteiger partial charge on any atom is 0.249 e. The maximum atomic E-state index is 5.51. The number of aryl methyl sites for hydroxylation is 1. The van der Waals surface area contributed by atoms with E-state index in [0.29, 0.717) is 11.8 Å². The Balaban J connectivity index is 2.15. The molecule has 0 unspecified atom stereocenters. The summed E-state index contributed by atoms with van der Waals surface area (Å²) in [5.41, 5.74) is 1.83. The van der Waals surface area contributed by atoms with Gasteiger partial charge in [0.15, 0.2) is 0 Å². The molecule has 5 heteroatoms. The van der Waals surface area contributed by atoms with E-state index < -0.39 is 0 Å². The van der Waals surface area contributed by atoms with E-state index in [1.54, 1.807) is 6.20 Å². The van der Waals surface area contributed by atoms with Gasteiger partial charge >= 0.3 is 0 Å². The molecule has 2 aromatic rings. The highest BCUT2D eigenvalue weighted by Crippen LogP contribution is 2.16. The molecule has 0 saturated heterocycles. The number of aromatic nitrogens is 3. The Labute approximate surface area is 93.9 Å². The van der Waals surface area contributed by atoms with Gasteiger partial charge in [0.25, 0.3) is 0 Å². The highest BCUT2D eigenvalue weighted by Gasteiger charge is 2.07. The summed E-state index contributed by atoms with van der Waals surface area (Å²) in [6.07, 6.45) is 2.48. The first-order valence-corrected chi connectivity index (χ1v) is 5.19. The van der Waals surface area contributed by atoms with Crippen molar-refractivity contribution in [2.45, 2.75) is 13.3 Å². The van der Waals surface area contributed by atoms with Crippen molar-refractivity contribution < 1.29 is 4.42 Å². The van der Waals surface area contributed by atoms with Crippen LogP contribution in [0.4, 0.5) is 0 Å². The van der Waals surface area contributed by atoms with Crippen LogP contribution in [0.15, 0.2) is 22.7 Å². The molecule has 16 heavy (non-hydrogen) atoms. The van der Waals surface area contributed by atoms with Crippen LogP contribution in [-0.4, -0.2) is 28.8 Å². The molecule has 2 aromatic heterocycles. The normalized spacial score (nSPS) is 10.6. The number of rotatable bonds is 4. The Kier molecular flexibility index (Phi) is 3.26. The smallest absolute Gasteiger partial charge is 0.249 e. The number of hydrogen-bond donors (Lipinski definition) is 1. The van der Waals surface area contributed by atoms with Gasteiger partial charge in [-0.2, -0.15) is 0 Å². The third kappa shape index (κ3) is 2.43. The van der Waals surface area contributed by atoms with Gasteiger partial charge in [0, 0.05) is 24.9 Å². The van der Waals surface area contributed by atoms with Gasteiger partial charge in [-0.05, 0) is 26.1 Å². The lowest BCUT2D eigenvalue weighted by Gasteiger charge is -1.95. The van der Waals surface area contributed by atoms with E-state index in [1.807, 2.05) is 26.1 Å². The number of nitrogens with zero attached hydrogens (tertiary/aromatic N) is 3. The molecule has 0 atom stereocenters. The van der Waals surface area contributed by atoms with Crippen LogP contribution in [0.25, 0.3) is 11.5 Å². The Hall–Kier alpha value is -1.75. The lowest BCUT2D eigenvalue weighted by Crippen LogP contribution is -2.10. The standard InChI is InChI=1S/C11H14N4O/c1-8-3-4-9(7-13-8)11-15-14-10(16-11)5-6-12-2/h3-4,7,12H,5-6H2,1-2H3. The van der Waals surface area contributed by atoms with Gasteiger partial charge in [-0.25, -0.2) is 0 Å². The monoisotopic (exact) mass is 218 g/mol. The fourth-order valence-electron chi connectivity index (χ4n) is 1.30. The van der Waals surface area contributed by atoms with Crippen LogP contribution in [-0.2, 0) is 6.42 Å². The van der Waals surface area contributed by atoms with Crippen LogP contribution >= 0.6 is 0 Å². The molecule has 2 rings (SSSR count). The van der Waals surface area contributed by atoms with E-state index in [1.165, 1.54) is 0 Å². The minimum Gasteiger partial charge on any atom is -0.421 e. The molecule has 0 fully saturated rings. The van der Waals surface area contributed by atoms with Gasteiger partial charge in [0.2, 0.25) is 11.8 Å². The first-order valence-electron chi connectivity index (χ1n) is 5.19. The van der Waals surface area contributed by atoms with Gasteiger partial charge in [-0.15, -0.1) is 10.2 Å². The summed E-state index contributed by atoms with van der Waals surface area (Å²) in [4.78, 5) is 4.19. The third-order valence-corrected chi connectivity index (χ3v) is 2.21. The first-order chi connectivity index (χ1) is 7.79. The summed E-state index contributed by atoms with van der Waals surface area (Å²) in [7, 11) is 1.89. The van der Waals surface area contributed by atoms with Crippen LogP contribution in [0, 0.1) is 6.92 Å². The Bertz CT molecular complexity index is 449. The second-order valence-corrected chi connectivity index (χ2v) is 3.54. The summed E-state index contributed by atoms with van der Waals surface area (Å²) in [5.74, 6) is 1.17. The molecule has 1 N–H and O–H groups in total. The zero-order valence-electron chi connectivity index (χ0n) is 9.40. The summed E-state index contributed by atoms with van der Waals surface area (Å²) < 4.78 is 5.51. The molecule has 0 spiro atoms.